The molecule has 36 heavy (non-hydrogen) atoms. The van der Waals surface area contributed by atoms with E-state index in [9.17, 15) is 14.4 Å². The van der Waals surface area contributed by atoms with E-state index >= 15 is 0 Å². The molecule has 2 amide bonds. The van der Waals surface area contributed by atoms with Crippen LogP contribution >= 0.6 is 23.1 Å². The third kappa shape index (κ3) is 5.99. The first-order chi connectivity index (χ1) is 17.5. The smallest absolute Gasteiger partial charge is 0.338 e. The van der Waals surface area contributed by atoms with Gasteiger partial charge >= 0.3 is 5.97 Å². The number of fused-ring (bicyclic) bond motifs is 1. The van der Waals surface area contributed by atoms with Crippen molar-refractivity contribution >= 4 is 62.5 Å². The fraction of sp³-hybridized carbons (Fsp3) is 0.160. The predicted molar refractivity (Wildman–Crippen MR) is 140 cm³/mol. The molecule has 1 heterocycles. The molecule has 11 heteroatoms. The number of hydrogen-bond donors (Lipinski definition) is 2. The van der Waals surface area contributed by atoms with Crippen molar-refractivity contribution in [2.75, 3.05) is 30.1 Å². The van der Waals surface area contributed by atoms with Gasteiger partial charge in [-0.3, -0.25) is 14.9 Å². The Labute approximate surface area is 215 Å². The molecule has 9 nitrogen and oxygen atoms in total. The minimum atomic E-state index is -0.413. The van der Waals surface area contributed by atoms with Crippen molar-refractivity contribution in [1.29, 1.82) is 0 Å². The number of thioether (sulfide) groups is 1. The van der Waals surface area contributed by atoms with Gasteiger partial charge in [0.2, 0.25) is 11.0 Å². The summed E-state index contributed by atoms with van der Waals surface area (Å²) in [6.07, 6.45) is 0. The van der Waals surface area contributed by atoms with E-state index in [2.05, 4.69) is 20.8 Å². The quantitative estimate of drug-likeness (QED) is 0.182. The summed E-state index contributed by atoms with van der Waals surface area (Å²) in [5.74, 6) is -0.443. The van der Waals surface area contributed by atoms with Gasteiger partial charge in [0.1, 0.15) is 5.75 Å². The Hall–Kier alpha value is -3.96. The van der Waals surface area contributed by atoms with E-state index in [4.69, 9.17) is 9.47 Å². The molecular formula is C25H22N4O5S2. The molecule has 0 aliphatic carbocycles. The van der Waals surface area contributed by atoms with Crippen LogP contribution in [0.15, 0.2) is 65.0 Å². The van der Waals surface area contributed by atoms with Gasteiger partial charge in [-0.15, -0.1) is 10.2 Å². The summed E-state index contributed by atoms with van der Waals surface area (Å²) in [5, 5.41) is 15.7. The van der Waals surface area contributed by atoms with Crippen molar-refractivity contribution in [2.24, 2.45) is 0 Å². The lowest BCUT2D eigenvalue weighted by molar-refractivity contribution is -0.113. The zero-order valence-electron chi connectivity index (χ0n) is 19.4. The molecular weight excluding hydrogens is 500 g/mol. The molecule has 2 N–H and O–H groups in total. The van der Waals surface area contributed by atoms with Crippen LogP contribution < -0.4 is 15.4 Å². The van der Waals surface area contributed by atoms with E-state index in [-0.39, 0.29) is 17.6 Å². The number of anilines is 2. The highest BCUT2D eigenvalue weighted by Gasteiger charge is 2.17. The second-order valence-corrected chi connectivity index (χ2v) is 9.53. The van der Waals surface area contributed by atoms with E-state index in [0.717, 1.165) is 10.8 Å². The fourth-order valence-electron chi connectivity index (χ4n) is 3.35. The zero-order chi connectivity index (χ0) is 25.5. The van der Waals surface area contributed by atoms with Gasteiger partial charge in [-0.1, -0.05) is 53.4 Å². The molecule has 0 radical (unpaired) electrons. The Morgan fingerprint density at radius 1 is 0.972 bits per heavy atom. The van der Waals surface area contributed by atoms with Gasteiger partial charge in [-0.05, 0) is 42.6 Å². The van der Waals surface area contributed by atoms with Crippen LogP contribution in [0.4, 0.5) is 10.8 Å². The molecule has 1 aromatic heterocycles. The van der Waals surface area contributed by atoms with Crippen molar-refractivity contribution in [2.45, 2.75) is 11.3 Å². The van der Waals surface area contributed by atoms with Gasteiger partial charge in [0.05, 0.1) is 30.6 Å². The molecule has 184 valence electrons. The van der Waals surface area contributed by atoms with E-state index in [1.165, 1.54) is 30.2 Å². The van der Waals surface area contributed by atoms with Crippen LogP contribution in [-0.4, -0.2) is 47.5 Å². The number of carbonyl (C=O) groups excluding carboxylic acids is 3. The maximum absolute atomic E-state index is 12.9. The summed E-state index contributed by atoms with van der Waals surface area (Å²) in [6, 6.07) is 17.7. The Bertz CT molecular complexity index is 1410. The highest BCUT2D eigenvalue weighted by atomic mass is 32.2. The first-order valence-corrected chi connectivity index (χ1v) is 12.7. The van der Waals surface area contributed by atoms with Crippen molar-refractivity contribution in [3.8, 4) is 5.75 Å². The van der Waals surface area contributed by atoms with Crippen LogP contribution in [0.1, 0.15) is 27.6 Å². The van der Waals surface area contributed by atoms with Gasteiger partial charge in [-0.2, -0.15) is 0 Å². The minimum absolute atomic E-state index is 0.0979. The third-order valence-corrected chi connectivity index (χ3v) is 6.93. The number of amides is 2. The number of rotatable bonds is 9. The van der Waals surface area contributed by atoms with Gasteiger partial charge in [-0.25, -0.2) is 4.79 Å². The molecule has 4 rings (SSSR count). The van der Waals surface area contributed by atoms with Crippen LogP contribution in [0.2, 0.25) is 0 Å². The lowest BCUT2D eigenvalue weighted by Crippen LogP contribution is -2.14. The molecule has 0 atom stereocenters. The maximum atomic E-state index is 12.9. The van der Waals surface area contributed by atoms with E-state index in [1.807, 2.05) is 30.3 Å². The average molecular weight is 523 g/mol. The summed E-state index contributed by atoms with van der Waals surface area (Å²) >= 11 is 2.37. The number of hydrogen-bond acceptors (Lipinski definition) is 9. The van der Waals surface area contributed by atoms with E-state index in [0.29, 0.717) is 38.6 Å². The van der Waals surface area contributed by atoms with Crippen LogP contribution in [0.3, 0.4) is 0 Å². The molecule has 0 bridgehead atoms. The minimum Gasteiger partial charge on any atom is -0.495 e. The summed E-state index contributed by atoms with van der Waals surface area (Å²) in [5.41, 5.74) is 1.35. The Morgan fingerprint density at radius 3 is 2.50 bits per heavy atom. The molecule has 0 unspecified atom stereocenters. The van der Waals surface area contributed by atoms with Crippen molar-refractivity contribution in [1.82, 2.24) is 10.2 Å². The van der Waals surface area contributed by atoms with Crippen LogP contribution in [0, 0.1) is 0 Å². The van der Waals surface area contributed by atoms with Crippen LogP contribution in [0.25, 0.3) is 10.8 Å². The SMILES string of the molecule is CCOC(=O)c1ccc(NC(=O)CSc2nnc(NC(=O)c3ccc4ccccc4c3OC)s2)cc1. The predicted octanol–water partition coefficient (Wildman–Crippen LogP) is 4.86. The Balaban J connectivity index is 1.32. The number of benzene rings is 3. The van der Waals surface area contributed by atoms with Crippen LogP contribution in [-0.2, 0) is 9.53 Å². The largest absolute Gasteiger partial charge is 0.495 e. The second-order valence-electron chi connectivity index (χ2n) is 7.33. The molecule has 0 saturated carbocycles. The van der Waals surface area contributed by atoms with Crippen molar-refractivity contribution < 1.29 is 23.9 Å². The number of nitrogens with zero attached hydrogens (tertiary/aromatic N) is 2. The fourth-order valence-corrected chi connectivity index (χ4v) is 4.90. The monoisotopic (exact) mass is 522 g/mol. The van der Waals surface area contributed by atoms with Gasteiger partial charge in [0.25, 0.3) is 5.91 Å². The lowest BCUT2D eigenvalue weighted by atomic mass is 10.0. The standard InChI is InChI=1S/C25H22N4O5S2/c1-3-34-23(32)16-8-11-17(12-9-16)26-20(30)14-35-25-29-28-24(36-25)27-22(31)19-13-10-15-6-4-5-7-18(15)21(19)33-2/h4-13H,3,14H2,1-2H3,(H,26,30)(H,27,28,31). The Morgan fingerprint density at radius 2 is 1.75 bits per heavy atom. The number of aromatic nitrogens is 2. The maximum Gasteiger partial charge on any atom is 0.338 e. The molecule has 3 aromatic carbocycles. The molecule has 0 fully saturated rings. The van der Waals surface area contributed by atoms with Gasteiger partial charge in [0, 0.05) is 11.1 Å². The highest BCUT2D eigenvalue weighted by molar-refractivity contribution is 8.01. The normalized spacial score (nSPS) is 10.6. The summed E-state index contributed by atoms with van der Waals surface area (Å²) in [4.78, 5) is 36.9. The first kappa shape index (κ1) is 25.1. The van der Waals surface area contributed by atoms with Crippen molar-refractivity contribution in [3.05, 3.63) is 71.8 Å². The molecule has 0 aliphatic heterocycles. The molecule has 0 saturated heterocycles. The Kier molecular flexibility index (Phi) is 8.13. The van der Waals surface area contributed by atoms with Crippen LogP contribution in [0.5, 0.6) is 5.75 Å². The number of carbonyl (C=O) groups is 3. The number of methoxy groups -OCH3 is 1. The number of esters is 1. The molecule has 4 aromatic rings. The second kappa shape index (κ2) is 11.6. The van der Waals surface area contributed by atoms with Gasteiger partial charge < -0.3 is 14.8 Å². The molecule has 0 aliphatic rings. The van der Waals surface area contributed by atoms with Gasteiger partial charge in [0.15, 0.2) is 4.34 Å². The average Bonchev–Trinajstić information content (AvgIpc) is 3.34. The third-order valence-electron chi connectivity index (χ3n) is 4.96. The van der Waals surface area contributed by atoms with Crippen molar-refractivity contribution in [3.63, 3.8) is 0 Å². The van der Waals surface area contributed by atoms with E-state index < -0.39 is 5.97 Å². The topological polar surface area (TPSA) is 120 Å². The highest BCUT2D eigenvalue weighted by Crippen LogP contribution is 2.31. The van der Waals surface area contributed by atoms with E-state index in [1.54, 1.807) is 37.3 Å². The first-order valence-electron chi connectivity index (χ1n) is 10.9. The number of nitrogens with one attached hydrogen (secondary N) is 2. The number of ether oxygens (including phenoxy) is 2. The summed E-state index contributed by atoms with van der Waals surface area (Å²) < 4.78 is 11.0. The lowest BCUT2D eigenvalue weighted by Gasteiger charge is -2.11. The zero-order valence-corrected chi connectivity index (χ0v) is 21.1. The molecule has 0 spiro atoms. The summed E-state index contributed by atoms with van der Waals surface area (Å²) in [7, 11) is 1.53. The summed E-state index contributed by atoms with van der Waals surface area (Å²) in [6.45, 7) is 2.03.